The van der Waals surface area contributed by atoms with Crippen molar-refractivity contribution in [1.82, 2.24) is 20.0 Å². The molecule has 144 valence electrons. The minimum Gasteiger partial charge on any atom is -0.381 e. The normalized spacial score (nSPS) is 16.1. The van der Waals surface area contributed by atoms with Gasteiger partial charge in [0.15, 0.2) is 11.6 Å². The molecule has 1 fully saturated rings. The van der Waals surface area contributed by atoms with Crippen LogP contribution in [0.4, 0.5) is 17.2 Å². The molecule has 4 rings (SSSR count). The highest BCUT2D eigenvalue weighted by Gasteiger charge is 2.23. The first-order valence-electron chi connectivity index (χ1n) is 9.21. The van der Waals surface area contributed by atoms with Gasteiger partial charge in [-0.25, -0.2) is 4.68 Å². The number of nitrogens with zero attached hydrogens (tertiary/aromatic N) is 4. The van der Waals surface area contributed by atoms with Gasteiger partial charge >= 0.3 is 0 Å². The SMILES string of the molecule is Cc1cc(C)n(-c2ccc(Nc3ccc(NC(=O)C4CCOC4)cc3)nn2)n1. The van der Waals surface area contributed by atoms with Crippen LogP contribution in [0, 0.1) is 19.8 Å². The Morgan fingerprint density at radius 2 is 1.89 bits per heavy atom. The minimum absolute atomic E-state index is 0.00353. The zero-order chi connectivity index (χ0) is 19.5. The first-order chi connectivity index (χ1) is 13.6. The Hall–Kier alpha value is -3.26. The molecule has 8 heteroatoms. The highest BCUT2D eigenvalue weighted by Crippen LogP contribution is 2.20. The molecular formula is C20H22N6O2. The van der Waals surface area contributed by atoms with E-state index in [0.29, 0.717) is 24.8 Å². The number of aryl methyl sites for hydroxylation is 2. The number of ether oxygens (including phenoxy) is 1. The van der Waals surface area contributed by atoms with Gasteiger partial charge < -0.3 is 15.4 Å². The third-order valence-electron chi connectivity index (χ3n) is 4.60. The number of rotatable bonds is 5. The Morgan fingerprint density at radius 1 is 1.11 bits per heavy atom. The Balaban J connectivity index is 1.39. The Morgan fingerprint density at radius 3 is 2.50 bits per heavy atom. The van der Waals surface area contributed by atoms with Crippen LogP contribution in [0.5, 0.6) is 0 Å². The fraction of sp³-hybridized carbons (Fsp3) is 0.300. The quantitative estimate of drug-likeness (QED) is 0.709. The molecule has 3 aromatic rings. The fourth-order valence-corrected chi connectivity index (χ4v) is 3.14. The summed E-state index contributed by atoms with van der Waals surface area (Å²) in [6.07, 6.45) is 0.776. The third-order valence-corrected chi connectivity index (χ3v) is 4.60. The predicted molar refractivity (Wildman–Crippen MR) is 106 cm³/mol. The van der Waals surface area contributed by atoms with E-state index in [9.17, 15) is 4.79 Å². The van der Waals surface area contributed by atoms with Crippen molar-refractivity contribution in [3.8, 4) is 5.82 Å². The van der Waals surface area contributed by atoms with E-state index in [-0.39, 0.29) is 11.8 Å². The molecule has 0 spiro atoms. The van der Waals surface area contributed by atoms with Gasteiger partial charge in [-0.15, -0.1) is 10.2 Å². The lowest BCUT2D eigenvalue weighted by Gasteiger charge is -2.10. The number of anilines is 3. The molecule has 1 aliphatic rings. The van der Waals surface area contributed by atoms with Gasteiger partial charge in [-0.1, -0.05) is 0 Å². The summed E-state index contributed by atoms with van der Waals surface area (Å²) in [6, 6.07) is 13.2. The van der Waals surface area contributed by atoms with Crippen molar-refractivity contribution in [2.75, 3.05) is 23.8 Å². The highest BCUT2D eigenvalue weighted by atomic mass is 16.5. The van der Waals surface area contributed by atoms with Crippen LogP contribution in [0.15, 0.2) is 42.5 Å². The van der Waals surface area contributed by atoms with Crippen LogP contribution in [0.25, 0.3) is 5.82 Å². The number of carbonyl (C=O) groups is 1. The van der Waals surface area contributed by atoms with Gasteiger partial charge in [0.1, 0.15) is 0 Å². The topological polar surface area (TPSA) is 94.0 Å². The van der Waals surface area contributed by atoms with Crippen molar-refractivity contribution in [3.63, 3.8) is 0 Å². The fourth-order valence-electron chi connectivity index (χ4n) is 3.14. The first-order valence-corrected chi connectivity index (χ1v) is 9.21. The molecule has 1 saturated heterocycles. The van der Waals surface area contributed by atoms with Gasteiger partial charge in [-0.2, -0.15) is 5.10 Å². The van der Waals surface area contributed by atoms with Crippen molar-refractivity contribution in [2.45, 2.75) is 20.3 Å². The second-order valence-corrected chi connectivity index (χ2v) is 6.87. The van der Waals surface area contributed by atoms with Crippen LogP contribution >= 0.6 is 0 Å². The van der Waals surface area contributed by atoms with E-state index < -0.39 is 0 Å². The summed E-state index contributed by atoms with van der Waals surface area (Å²) in [4.78, 5) is 12.1. The number of amides is 1. The lowest BCUT2D eigenvalue weighted by atomic mass is 10.1. The second kappa shape index (κ2) is 7.77. The lowest BCUT2D eigenvalue weighted by molar-refractivity contribution is -0.119. The summed E-state index contributed by atoms with van der Waals surface area (Å²) < 4.78 is 7.02. The van der Waals surface area contributed by atoms with Crippen LogP contribution < -0.4 is 10.6 Å². The Bertz CT molecular complexity index is 959. The number of hydrogen-bond acceptors (Lipinski definition) is 6. The maximum atomic E-state index is 12.1. The molecular weight excluding hydrogens is 356 g/mol. The van der Waals surface area contributed by atoms with Crippen LogP contribution in [-0.4, -0.2) is 39.1 Å². The van der Waals surface area contributed by atoms with E-state index in [1.54, 1.807) is 4.68 Å². The number of carbonyl (C=O) groups excluding carboxylic acids is 1. The molecule has 28 heavy (non-hydrogen) atoms. The Labute approximate surface area is 162 Å². The van der Waals surface area contributed by atoms with Crippen LogP contribution in [0.2, 0.25) is 0 Å². The number of hydrogen-bond donors (Lipinski definition) is 2. The maximum Gasteiger partial charge on any atom is 0.229 e. The predicted octanol–water partition coefficient (Wildman–Crippen LogP) is 3.00. The summed E-state index contributed by atoms with van der Waals surface area (Å²) in [5, 5.41) is 19.0. The smallest absolute Gasteiger partial charge is 0.229 e. The lowest BCUT2D eigenvalue weighted by Crippen LogP contribution is -2.22. The van der Waals surface area contributed by atoms with Crippen LogP contribution in [0.1, 0.15) is 17.8 Å². The number of nitrogens with one attached hydrogen (secondary N) is 2. The standard InChI is InChI=1S/C20H22N6O2/c1-13-11-14(2)26(25-13)19-8-7-18(23-24-19)21-16-3-5-17(6-4-16)22-20(27)15-9-10-28-12-15/h3-8,11,15H,9-10,12H2,1-2H3,(H,21,23)(H,22,27). The van der Waals surface area contributed by atoms with Crippen molar-refractivity contribution in [3.05, 3.63) is 53.9 Å². The van der Waals surface area contributed by atoms with E-state index in [0.717, 1.165) is 29.2 Å². The van der Waals surface area contributed by atoms with E-state index >= 15 is 0 Å². The van der Waals surface area contributed by atoms with Crippen LogP contribution in [0.3, 0.4) is 0 Å². The zero-order valence-corrected chi connectivity index (χ0v) is 15.8. The maximum absolute atomic E-state index is 12.1. The van der Waals surface area contributed by atoms with Gasteiger partial charge in [0.05, 0.1) is 18.2 Å². The minimum atomic E-state index is -0.0613. The van der Waals surface area contributed by atoms with Gasteiger partial charge in [-0.3, -0.25) is 4.79 Å². The average molecular weight is 378 g/mol. The summed E-state index contributed by atoms with van der Waals surface area (Å²) in [7, 11) is 0. The molecule has 2 aromatic heterocycles. The molecule has 1 aromatic carbocycles. The molecule has 3 heterocycles. The molecule has 0 radical (unpaired) electrons. The molecule has 2 N–H and O–H groups in total. The van der Waals surface area contributed by atoms with E-state index in [1.165, 1.54) is 0 Å². The van der Waals surface area contributed by atoms with Crippen LogP contribution in [-0.2, 0) is 9.53 Å². The van der Waals surface area contributed by atoms with E-state index in [2.05, 4.69) is 25.9 Å². The summed E-state index contributed by atoms with van der Waals surface area (Å²) in [5.74, 6) is 1.24. The third kappa shape index (κ3) is 4.01. The van der Waals surface area contributed by atoms with Gasteiger partial charge in [0.2, 0.25) is 5.91 Å². The Kier molecular flexibility index (Phi) is 5.03. The number of aromatic nitrogens is 4. The zero-order valence-electron chi connectivity index (χ0n) is 15.8. The number of benzene rings is 1. The average Bonchev–Trinajstić information content (AvgIpc) is 3.34. The second-order valence-electron chi connectivity index (χ2n) is 6.87. The van der Waals surface area contributed by atoms with Crippen molar-refractivity contribution in [2.24, 2.45) is 5.92 Å². The van der Waals surface area contributed by atoms with E-state index in [4.69, 9.17) is 4.74 Å². The van der Waals surface area contributed by atoms with Crippen molar-refractivity contribution >= 4 is 23.1 Å². The molecule has 1 unspecified atom stereocenters. The van der Waals surface area contributed by atoms with Gasteiger partial charge in [0.25, 0.3) is 0 Å². The van der Waals surface area contributed by atoms with Gasteiger partial charge in [-0.05, 0) is 62.7 Å². The summed E-state index contributed by atoms with van der Waals surface area (Å²) >= 11 is 0. The van der Waals surface area contributed by atoms with Gasteiger partial charge in [0, 0.05) is 23.7 Å². The molecule has 0 aliphatic carbocycles. The monoisotopic (exact) mass is 378 g/mol. The first kappa shape index (κ1) is 18.1. The summed E-state index contributed by atoms with van der Waals surface area (Å²) in [6.45, 7) is 5.08. The molecule has 1 atom stereocenters. The molecule has 0 bridgehead atoms. The van der Waals surface area contributed by atoms with Crippen molar-refractivity contribution < 1.29 is 9.53 Å². The largest absolute Gasteiger partial charge is 0.381 e. The van der Waals surface area contributed by atoms with Crippen molar-refractivity contribution in [1.29, 1.82) is 0 Å². The molecule has 0 saturated carbocycles. The summed E-state index contributed by atoms with van der Waals surface area (Å²) in [5.41, 5.74) is 3.56. The molecule has 1 amide bonds. The molecule has 8 nitrogen and oxygen atoms in total. The molecule has 1 aliphatic heterocycles. The highest BCUT2D eigenvalue weighted by molar-refractivity contribution is 5.93. The van der Waals surface area contributed by atoms with E-state index in [1.807, 2.05) is 56.3 Å².